The second kappa shape index (κ2) is 6.43. The number of benzene rings is 3. The van der Waals surface area contributed by atoms with E-state index in [0.717, 1.165) is 5.56 Å². The zero-order valence-electron chi connectivity index (χ0n) is 14.1. The number of fused-ring (bicyclic) bond motifs is 2. The molecule has 0 fully saturated rings. The molecule has 0 saturated heterocycles. The average Bonchev–Trinajstić information content (AvgIpc) is 2.66. The summed E-state index contributed by atoms with van der Waals surface area (Å²) in [7, 11) is 0. The van der Waals surface area contributed by atoms with Gasteiger partial charge in [-0.15, -0.1) is 0 Å². The Hall–Kier alpha value is -2.91. The molecule has 128 valence electrons. The minimum absolute atomic E-state index is 0.00258. The van der Waals surface area contributed by atoms with Gasteiger partial charge in [-0.05, 0) is 36.8 Å². The van der Waals surface area contributed by atoms with Crippen LogP contribution in [0.15, 0.2) is 66.7 Å². The van der Waals surface area contributed by atoms with Gasteiger partial charge in [-0.3, -0.25) is 9.59 Å². The van der Waals surface area contributed by atoms with Crippen LogP contribution in [0.2, 0.25) is 5.02 Å². The number of hydrogen-bond acceptors (Lipinski definition) is 3. The van der Waals surface area contributed by atoms with Crippen molar-refractivity contribution in [2.24, 2.45) is 0 Å². The highest BCUT2D eigenvalue weighted by molar-refractivity contribution is 6.34. The molecule has 4 rings (SSSR count). The van der Waals surface area contributed by atoms with Crippen molar-refractivity contribution in [1.29, 1.82) is 0 Å². The van der Waals surface area contributed by atoms with Crippen LogP contribution in [0, 0.1) is 0 Å². The first-order chi connectivity index (χ1) is 12.6. The summed E-state index contributed by atoms with van der Waals surface area (Å²) in [6.07, 6.45) is 0. The van der Waals surface area contributed by atoms with Gasteiger partial charge in [-0.25, -0.2) is 0 Å². The molecule has 0 aliphatic heterocycles. The first-order valence-electron chi connectivity index (χ1n) is 8.39. The summed E-state index contributed by atoms with van der Waals surface area (Å²) in [5.41, 5.74) is 3.37. The highest BCUT2D eigenvalue weighted by Crippen LogP contribution is 2.34. The average molecular weight is 362 g/mol. The number of carbonyl (C=O) groups is 2. The third-order valence-corrected chi connectivity index (χ3v) is 4.91. The highest BCUT2D eigenvalue weighted by atomic mass is 35.5. The molecule has 26 heavy (non-hydrogen) atoms. The third kappa shape index (κ3) is 2.71. The molecule has 0 spiro atoms. The lowest BCUT2D eigenvalue weighted by atomic mass is 9.83. The topological polar surface area (TPSA) is 46.2 Å². The Morgan fingerprint density at radius 1 is 0.808 bits per heavy atom. The van der Waals surface area contributed by atoms with Gasteiger partial charge >= 0.3 is 0 Å². The lowest BCUT2D eigenvalue weighted by molar-refractivity contribution is 0.0979. The summed E-state index contributed by atoms with van der Waals surface area (Å²) in [6, 6.07) is 20.1. The molecule has 4 heteroatoms. The summed E-state index contributed by atoms with van der Waals surface area (Å²) < 4.78 is 0. The van der Waals surface area contributed by atoms with Crippen LogP contribution in [-0.4, -0.2) is 11.6 Å². The molecular formula is C22H16ClNO2. The van der Waals surface area contributed by atoms with Crippen molar-refractivity contribution in [1.82, 2.24) is 0 Å². The van der Waals surface area contributed by atoms with Gasteiger partial charge in [0.05, 0.1) is 5.56 Å². The second-order valence-electron chi connectivity index (χ2n) is 6.35. The standard InChI is InChI=1S/C22H16ClNO2/c1-13(14-6-3-2-4-7-14)24-19-9-5-8-17-20(19)22(26)16-11-10-15(23)12-18(16)21(17)25/h2-13,24H,1H3. The molecule has 3 aromatic rings. The number of anilines is 1. The van der Waals surface area contributed by atoms with Crippen molar-refractivity contribution in [3.05, 3.63) is 99.6 Å². The summed E-state index contributed by atoms with van der Waals surface area (Å²) in [4.78, 5) is 25.9. The van der Waals surface area contributed by atoms with Crippen LogP contribution in [-0.2, 0) is 0 Å². The van der Waals surface area contributed by atoms with E-state index in [4.69, 9.17) is 11.6 Å². The monoisotopic (exact) mass is 361 g/mol. The number of hydrogen-bond donors (Lipinski definition) is 1. The predicted molar refractivity (Wildman–Crippen MR) is 103 cm³/mol. The molecule has 0 aromatic heterocycles. The van der Waals surface area contributed by atoms with Crippen LogP contribution in [0.25, 0.3) is 0 Å². The minimum Gasteiger partial charge on any atom is -0.378 e. The van der Waals surface area contributed by atoms with Crippen LogP contribution in [0.3, 0.4) is 0 Å². The lowest BCUT2D eigenvalue weighted by Gasteiger charge is -2.23. The number of ketones is 2. The second-order valence-corrected chi connectivity index (χ2v) is 6.79. The van der Waals surface area contributed by atoms with E-state index in [1.165, 1.54) is 0 Å². The maximum absolute atomic E-state index is 13.1. The summed E-state index contributed by atoms with van der Waals surface area (Å²) >= 11 is 6.01. The molecule has 0 amide bonds. The Morgan fingerprint density at radius 3 is 2.35 bits per heavy atom. The van der Waals surface area contributed by atoms with Gasteiger partial charge in [0.2, 0.25) is 0 Å². The molecule has 1 atom stereocenters. The van der Waals surface area contributed by atoms with Gasteiger partial charge in [0.25, 0.3) is 0 Å². The van der Waals surface area contributed by atoms with Gasteiger partial charge in [-0.2, -0.15) is 0 Å². The summed E-state index contributed by atoms with van der Waals surface area (Å²) in [5.74, 6) is -0.331. The van der Waals surface area contributed by atoms with E-state index in [-0.39, 0.29) is 17.6 Å². The first kappa shape index (κ1) is 16.6. The third-order valence-electron chi connectivity index (χ3n) is 4.68. The first-order valence-corrected chi connectivity index (χ1v) is 8.77. The Labute approximate surface area is 156 Å². The van der Waals surface area contributed by atoms with Crippen LogP contribution in [0.4, 0.5) is 5.69 Å². The van der Waals surface area contributed by atoms with Gasteiger partial charge in [0.15, 0.2) is 11.6 Å². The fourth-order valence-electron chi connectivity index (χ4n) is 3.35. The zero-order valence-corrected chi connectivity index (χ0v) is 14.9. The smallest absolute Gasteiger partial charge is 0.196 e. The Kier molecular flexibility index (Phi) is 4.09. The molecular weight excluding hydrogens is 346 g/mol. The van der Waals surface area contributed by atoms with Gasteiger partial charge in [0, 0.05) is 33.4 Å². The SMILES string of the molecule is CC(Nc1cccc2c1C(=O)c1ccc(Cl)cc1C2=O)c1ccccc1. The van der Waals surface area contributed by atoms with Crippen LogP contribution >= 0.6 is 11.6 Å². The molecule has 1 aliphatic rings. The van der Waals surface area contributed by atoms with E-state index < -0.39 is 0 Å². The molecule has 1 N–H and O–H groups in total. The van der Waals surface area contributed by atoms with Crippen molar-refractivity contribution in [2.45, 2.75) is 13.0 Å². The van der Waals surface area contributed by atoms with Crippen molar-refractivity contribution in [2.75, 3.05) is 5.32 Å². The maximum atomic E-state index is 13.1. The molecule has 3 aromatic carbocycles. The van der Waals surface area contributed by atoms with Crippen LogP contribution in [0.5, 0.6) is 0 Å². The van der Waals surface area contributed by atoms with E-state index in [9.17, 15) is 9.59 Å². The fraction of sp³-hybridized carbons (Fsp3) is 0.0909. The molecule has 1 unspecified atom stereocenters. The minimum atomic E-state index is -0.173. The predicted octanol–water partition coefficient (Wildman–Crippen LogP) is 5.29. The molecule has 3 nitrogen and oxygen atoms in total. The van der Waals surface area contributed by atoms with Crippen molar-refractivity contribution < 1.29 is 9.59 Å². The number of nitrogens with one attached hydrogen (secondary N) is 1. The molecule has 1 aliphatic carbocycles. The Bertz CT molecular complexity index is 1030. The normalized spacial score (nSPS) is 13.8. The lowest BCUT2D eigenvalue weighted by Crippen LogP contribution is -2.23. The van der Waals surface area contributed by atoms with E-state index in [1.54, 1.807) is 30.3 Å². The summed E-state index contributed by atoms with van der Waals surface area (Å²) in [5, 5.41) is 3.83. The summed E-state index contributed by atoms with van der Waals surface area (Å²) in [6.45, 7) is 2.03. The van der Waals surface area contributed by atoms with Crippen molar-refractivity contribution >= 4 is 28.9 Å². The van der Waals surface area contributed by atoms with Gasteiger partial charge in [0.1, 0.15) is 0 Å². The van der Waals surface area contributed by atoms with E-state index in [0.29, 0.717) is 33.0 Å². The van der Waals surface area contributed by atoms with E-state index in [2.05, 4.69) is 5.32 Å². The van der Waals surface area contributed by atoms with E-state index in [1.807, 2.05) is 43.3 Å². The molecule has 0 bridgehead atoms. The maximum Gasteiger partial charge on any atom is 0.196 e. The molecule has 0 saturated carbocycles. The quantitative estimate of drug-likeness (QED) is 0.539. The van der Waals surface area contributed by atoms with Crippen LogP contribution < -0.4 is 5.32 Å². The molecule has 0 radical (unpaired) electrons. The number of carbonyl (C=O) groups excluding carboxylic acids is 2. The van der Waals surface area contributed by atoms with E-state index >= 15 is 0 Å². The van der Waals surface area contributed by atoms with Crippen LogP contribution in [0.1, 0.15) is 50.4 Å². The highest BCUT2D eigenvalue weighted by Gasteiger charge is 2.32. The number of halogens is 1. The van der Waals surface area contributed by atoms with Gasteiger partial charge in [-0.1, -0.05) is 54.1 Å². The van der Waals surface area contributed by atoms with Gasteiger partial charge < -0.3 is 5.32 Å². The van der Waals surface area contributed by atoms with Crippen molar-refractivity contribution in [3.8, 4) is 0 Å². The zero-order chi connectivity index (χ0) is 18.3. The fourth-order valence-corrected chi connectivity index (χ4v) is 3.52. The van der Waals surface area contributed by atoms with Crippen molar-refractivity contribution in [3.63, 3.8) is 0 Å². The largest absolute Gasteiger partial charge is 0.378 e. The molecule has 0 heterocycles. The Morgan fingerprint density at radius 2 is 1.58 bits per heavy atom. The Balaban J connectivity index is 1.78. The number of rotatable bonds is 3.